The van der Waals surface area contributed by atoms with E-state index < -0.39 is 6.04 Å². The molecule has 1 aromatic carbocycles. The van der Waals surface area contributed by atoms with Gasteiger partial charge in [-0.2, -0.15) is 0 Å². The predicted octanol–water partition coefficient (Wildman–Crippen LogP) is 4.51. The van der Waals surface area contributed by atoms with Gasteiger partial charge in [0.25, 0.3) is 0 Å². The molecule has 2 amide bonds. The normalized spacial score (nSPS) is 13.0. The molecular formula is C22H32N4O3S. The molecule has 0 aliphatic heterocycles. The van der Waals surface area contributed by atoms with E-state index >= 15 is 0 Å². The van der Waals surface area contributed by atoms with Crippen LogP contribution in [-0.4, -0.2) is 35.2 Å². The Morgan fingerprint density at radius 2 is 1.80 bits per heavy atom. The Balaban J connectivity index is 2.04. The monoisotopic (exact) mass is 432 g/mol. The lowest BCUT2D eigenvalue weighted by Crippen LogP contribution is -2.49. The quantitative estimate of drug-likeness (QED) is 0.545. The van der Waals surface area contributed by atoms with E-state index in [1.165, 1.54) is 11.3 Å². The number of methoxy groups -OCH3 is 1. The summed E-state index contributed by atoms with van der Waals surface area (Å²) in [5.74, 6) is 0.308. The van der Waals surface area contributed by atoms with Crippen LogP contribution in [0.25, 0.3) is 10.6 Å². The average Bonchev–Trinajstić information content (AvgIpc) is 3.20. The van der Waals surface area contributed by atoms with Crippen LogP contribution < -0.4 is 15.4 Å². The number of carbonyl (C=O) groups excluding carboxylic acids is 2. The highest BCUT2D eigenvalue weighted by molar-refractivity contribution is 7.18. The van der Waals surface area contributed by atoms with E-state index in [1.807, 2.05) is 45.0 Å². The van der Waals surface area contributed by atoms with Crippen molar-refractivity contribution >= 4 is 28.3 Å². The van der Waals surface area contributed by atoms with Crippen LogP contribution in [0.5, 0.6) is 5.75 Å². The minimum Gasteiger partial charge on any atom is -0.497 e. The summed E-state index contributed by atoms with van der Waals surface area (Å²) in [7, 11) is 1.62. The Hall–Kier alpha value is -2.48. The van der Waals surface area contributed by atoms with Gasteiger partial charge in [-0.3, -0.25) is 14.9 Å². The molecule has 0 spiro atoms. The van der Waals surface area contributed by atoms with Gasteiger partial charge in [0.15, 0.2) is 0 Å². The van der Waals surface area contributed by atoms with Gasteiger partial charge in [0, 0.05) is 11.5 Å². The maximum atomic E-state index is 12.8. The Morgan fingerprint density at radius 3 is 2.37 bits per heavy atom. The van der Waals surface area contributed by atoms with Gasteiger partial charge >= 0.3 is 0 Å². The van der Waals surface area contributed by atoms with Crippen LogP contribution in [0.1, 0.15) is 53.4 Å². The molecule has 0 aliphatic carbocycles. The van der Waals surface area contributed by atoms with E-state index in [9.17, 15) is 9.59 Å². The number of amides is 2. The molecule has 0 saturated heterocycles. The molecule has 0 aliphatic rings. The minimum atomic E-state index is -0.624. The zero-order chi connectivity index (χ0) is 22.1. The second-order valence-electron chi connectivity index (χ2n) is 7.61. The highest BCUT2D eigenvalue weighted by Crippen LogP contribution is 2.28. The standard InChI is InChI=1S/C22H32N4O3S/c1-6-8-9-15(7-2)19(27)23-18(14(3)4)20(28)24-22-26-25-21(30-22)16-10-12-17(29-5)13-11-16/h10-15,18H,6-9H2,1-5H3,(H,23,27)(H,24,26,28). The number of hydrogen-bond acceptors (Lipinski definition) is 6. The number of nitrogens with one attached hydrogen (secondary N) is 2. The Kier molecular flexibility index (Phi) is 9.23. The van der Waals surface area contributed by atoms with Crippen molar-refractivity contribution in [2.75, 3.05) is 12.4 Å². The van der Waals surface area contributed by atoms with E-state index in [0.29, 0.717) is 10.1 Å². The van der Waals surface area contributed by atoms with Gasteiger partial charge in [-0.15, -0.1) is 10.2 Å². The summed E-state index contributed by atoms with van der Waals surface area (Å²) in [5, 5.41) is 15.1. The molecule has 0 bridgehead atoms. The molecule has 2 unspecified atom stereocenters. The van der Waals surface area contributed by atoms with E-state index in [4.69, 9.17) is 4.74 Å². The zero-order valence-corrected chi connectivity index (χ0v) is 19.2. The molecule has 2 rings (SSSR count). The van der Waals surface area contributed by atoms with Crippen LogP contribution in [-0.2, 0) is 9.59 Å². The second kappa shape index (κ2) is 11.6. The molecular weight excluding hydrogens is 400 g/mol. The summed E-state index contributed by atoms with van der Waals surface area (Å²) in [6, 6.07) is 6.86. The lowest BCUT2D eigenvalue weighted by Gasteiger charge is -2.24. The molecule has 1 aromatic heterocycles. The molecule has 0 fully saturated rings. The molecule has 0 saturated carbocycles. The smallest absolute Gasteiger partial charge is 0.249 e. The number of hydrogen-bond donors (Lipinski definition) is 2. The molecule has 2 N–H and O–H groups in total. The van der Waals surface area contributed by atoms with Crippen LogP contribution in [0.3, 0.4) is 0 Å². The predicted molar refractivity (Wildman–Crippen MR) is 121 cm³/mol. The van der Waals surface area contributed by atoms with Gasteiger partial charge in [-0.1, -0.05) is 51.9 Å². The number of benzene rings is 1. The van der Waals surface area contributed by atoms with Gasteiger partial charge < -0.3 is 10.1 Å². The molecule has 2 atom stereocenters. The third kappa shape index (κ3) is 6.52. The number of carbonyl (C=O) groups is 2. The Morgan fingerprint density at radius 1 is 1.10 bits per heavy atom. The summed E-state index contributed by atoms with van der Waals surface area (Å²) in [4.78, 5) is 25.5. The third-order valence-corrected chi connectivity index (χ3v) is 5.90. The summed E-state index contributed by atoms with van der Waals surface area (Å²) < 4.78 is 5.17. The fourth-order valence-corrected chi connectivity index (χ4v) is 3.84. The molecule has 1 heterocycles. The van der Waals surface area contributed by atoms with Crippen molar-refractivity contribution in [1.82, 2.24) is 15.5 Å². The lowest BCUT2D eigenvalue weighted by molar-refractivity contribution is -0.130. The first-order valence-electron chi connectivity index (χ1n) is 10.5. The van der Waals surface area contributed by atoms with Crippen molar-refractivity contribution in [3.8, 4) is 16.3 Å². The first-order chi connectivity index (χ1) is 14.4. The van der Waals surface area contributed by atoms with Gasteiger partial charge in [0.2, 0.25) is 16.9 Å². The summed E-state index contributed by atoms with van der Waals surface area (Å²) in [5.41, 5.74) is 0.893. The van der Waals surface area contributed by atoms with E-state index in [0.717, 1.165) is 37.0 Å². The van der Waals surface area contributed by atoms with Crippen LogP contribution in [0, 0.1) is 11.8 Å². The van der Waals surface area contributed by atoms with Crippen LogP contribution >= 0.6 is 11.3 Å². The van der Waals surface area contributed by atoms with Crippen LogP contribution in [0.2, 0.25) is 0 Å². The molecule has 8 heteroatoms. The largest absolute Gasteiger partial charge is 0.497 e. The van der Waals surface area contributed by atoms with Crippen LogP contribution in [0.4, 0.5) is 5.13 Å². The fourth-order valence-electron chi connectivity index (χ4n) is 3.08. The molecule has 2 aromatic rings. The summed E-state index contributed by atoms with van der Waals surface area (Å²) in [6.45, 7) is 7.95. The van der Waals surface area contributed by atoms with Gasteiger partial charge in [-0.25, -0.2) is 0 Å². The van der Waals surface area contributed by atoms with Crippen molar-refractivity contribution in [3.63, 3.8) is 0 Å². The number of anilines is 1. The van der Waals surface area contributed by atoms with E-state index in [-0.39, 0.29) is 23.7 Å². The van der Waals surface area contributed by atoms with Gasteiger partial charge in [-0.05, 0) is 43.0 Å². The maximum Gasteiger partial charge on any atom is 0.249 e. The molecule has 30 heavy (non-hydrogen) atoms. The Bertz CT molecular complexity index is 820. The van der Waals surface area contributed by atoms with Crippen molar-refractivity contribution in [3.05, 3.63) is 24.3 Å². The topological polar surface area (TPSA) is 93.2 Å². The van der Waals surface area contributed by atoms with Gasteiger partial charge in [0.1, 0.15) is 16.8 Å². The molecule has 7 nitrogen and oxygen atoms in total. The second-order valence-corrected chi connectivity index (χ2v) is 8.59. The highest BCUT2D eigenvalue weighted by atomic mass is 32.1. The number of unbranched alkanes of at least 4 members (excludes halogenated alkanes) is 1. The molecule has 0 radical (unpaired) electrons. The average molecular weight is 433 g/mol. The van der Waals surface area contributed by atoms with E-state index in [1.54, 1.807) is 7.11 Å². The molecule has 164 valence electrons. The minimum absolute atomic E-state index is 0.0494. The number of aromatic nitrogens is 2. The van der Waals surface area contributed by atoms with Crippen molar-refractivity contribution in [1.29, 1.82) is 0 Å². The highest BCUT2D eigenvalue weighted by Gasteiger charge is 2.27. The fraction of sp³-hybridized carbons (Fsp3) is 0.545. The first-order valence-corrected chi connectivity index (χ1v) is 11.3. The number of rotatable bonds is 11. The van der Waals surface area contributed by atoms with Crippen molar-refractivity contribution < 1.29 is 14.3 Å². The maximum absolute atomic E-state index is 12.8. The van der Waals surface area contributed by atoms with Crippen molar-refractivity contribution in [2.24, 2.45) is 11.8 Å². The zero-order valence-electron chi connectivity index (χ0n) is 18.4. The SMILES string of the molecule is CCCCC(CC)C(=O)NC(C(=O)Nc1nnc(-c2ccc(OC)cc2)s1)C(C)C. The first kappa shape index (κ1) is 23.8. The summed E-state index contributed by atoms with van der Waals surface area (Å²) in [6.07, 6.45) is 3.65. The Labute approximate surface area is 182 Å². The van der Waals surface area contributed by atoms with Crippen molar-refractivity contribution in [2.45, 2.75) is 59.4 Å². The number of ether oxygens (including phenoxy) is 1. The van der Waals surface area contributed by atoms with E-state index in [2.05, 4.69) is 27.8 Å². The van der Waals surface area contributed by atoms with Crippen LogP contribution in [0.15, 0.2) is 24.3 Å². The lowest BCUT2D eigenvalue weighted by atomic mass is 9.96. The third-order valence-electron chi connectivity index (χ3n) is 5.01. The van der Waals surface area contributed by atoms with Gasteiger partial charge in [0.05, 0.1) is 7.11 Å². The summed E-state index contributed by atoms with van der Waals surface area (Å²) >= 11 is 1.29. The number of nitrogens with zero attached hydrogens (tertiary/aromatic N) is 2.